The Balaban J connectivity index is 0.979. The molecule has 4 aliphatic carbocycles. The molecule has 0 N–H and O–H groups in total. The molecule has 0 spiro atoms. The molecule has 10 heteroatoms. The number of nitrogens with zero attached hydrogens (tertiary/aromatic N) is 4. The van der Waals surface area contributed by atoms with Gasteiger partial charge in [-0.15, -0.1) is 0 Å². The third-order valence-corrected chi connectivity index (χ3v) is 11.0. The van der Waals surface area contributed by atoms with Gasteiger partial charge in [-0.3, -0.25) is 14.6 Å². The van der Waals surface area contributed by atoms with Gasteiger partial charge in [-0.1, -0.05) is 11.8 Å². The molecule has 7 nitrogen and oxygen atoms in total. The van der Waals surface area contributed by atoms with Crippen molar-refractivity contribution in [3.05, 3.63) is 88.7 Å². The first-order chi connectivity index (χ1) is 24.0. The summed E-state index contributed by atoms with van der Waals surface area (Å²) >= 11 is 0. The molecule has 4 bridgehead atoms. The van der Waals surface area contributed by atoms with Crippen molar-refractivity contribution in [1.29, 1.82) is 0 Å². The van der Waals surface area contributed by atoms with E-state index < -0.39 is 17.6 Å². The highest BCUT2D eigenvalue weighted by Crippen LogP contribution is 2.60. The third-order valence-electron chi connectivity index (χ3n) is 11.0. The molecule has 2 amide bonds. The summed E-state index contributed by atoms with van der Waals surface area (Å²) in [5.74, 6) is 8.22. The monoisotopic (exact) mass is 684 g/mol. The Kier molecular flexibility index (Phi) is 9.27. The largest absolute Gasteiger partial charge is 0.492 e. The maximum atomic E-state index is 13.9. The van der Waals surface area contributed by atoms with Crippen LogP contribution in [0.5, 0.6) is 5.75 Å². The molecule has 2 aromatic carbocycles. The molecule has 0 radical (unpaired) electrons. The molecular formula is C40H43F3N4O3. The molecule has 1 saturated heterocycles. The van der Waals surface area contributed by atoms with Crippen LogP contribution in [0.1, 0.15) is 82.9 Å². The zero-order chi connectivity index (χ0) is 35.0. The van der Waals surface area contributed by atoms with Crippen LogP contribution in [0.2, 0.25) is 0 Å². The van der Waals surface area contributed by atoms with Gasteiger partial charge in [0.1, 0.15) is 5.75 Å². The smallest absolute Gasteiger partial charge is 0.416 e. The number of carbonyl (C=O) groups excluding carboxylic acids is 2. The van der Waals surface area contributed by atoms with E-state index in [-0.39, 0.29) is 22.4 Å². The normalized spacial score (nSPS) is 24.1. The molecule has 4 saturated carbocycles. The molecule has 1 aliphatic heterocycles. The van der Waals surface area contributed by atoms with Crippen molar-refractivity contribution < 1.29 is 27.5 Å². The SMILES string of the molecule is CCOc1cncc(C#Cc2cc(C(=O)N3CCN(c4ccc(C(=O)N(C)CC56CC7CC(CC(C7)C5)C6)cc4)CC3)cc(C(F)(F)F)c2)c1. The lowest BCUT2D eigenvalue weighted by Gasteiger charge is -2.57. The first-order valence-corrected chi connectivity index (χ1v) is 17.7. The van der Waals surface area contributed by atoms with Gasteiger partial charge >= 0.3 is 6.18 Å². The Morgan fingerprint density at radius 1 is 0.880 bits per heavy atom. The molecular weight excluding hydrogens is 641 g/mol. The van der Waals surface area contributed by atoms with Crippen LogP contribution in [0.3, 0.4) is 0 Å². The van der Waals surface area contributed by atoms with Crippen molar-refractivity contribution in [3.8, 4) is 17.6 Å². The minimum absolute atomic E-state index is 0.0450. The highest BCUT2D eigenvalue weighted by atomic mass is 19.4. The second-order valence-corrected chi connectivity index (χ2v) is 14.8. The molecule has 8 rings (SSSR count). The number of ether oxygens (including phenoxy) is 1. The van der Waals surface area contributed by atoms with E-state index in [0.717, 1.165) is 42.1 Å². The van der Waals surface area contributed by atoms with E-state index in [9.17, 15) is 22.8 Å². The van der Waals surface area contributed by atoms with E-state index in [1.807, 2.05) is 43.1 Å². The van der Waals surface area contributed by atoms with Gasteiger partial charge < -0.3 is 19.4 Å². The first-order valence-electron chi connectivity index (χ1n) is 17.7. The summed E-state index contributed by atoms with van der Waals surface area (Å²) in [6.07, 6.45) is 6.32. The number of benzene rings is 2. The molecule has 2 heterocycles. The van der Waals surface area contributed by atoms with Crippen LogP contribution in [0.25, 0.3) is 0 Å². The van der Waals surface area contributed by atoms with Crippen LogP contribution < -0.4 is 9.64 Å². The topological polar surface area (TPSA) is 66.0 Å². The van der Waals surface area contributed by atoms with E-state index in [1.54, 1.807) is 11.0 Å². The highest BCUT2D eigenvalue weighted by Gasteiger charge is 2.51. The summed E-state index contributed by atoms with van der Waals surface area (Å²) in [5, 5.41) is 0. The number of aromatic nitrogens is 1. The minimum Gasteiger partial charge on any atom is -0.492 e. The third kappa shape index (κ3) is 7.33. The number of hydrogen-bond acceptors (Lipinski definition) is 5. The quantitative estimate of drug-likeness (QED) is 0.248. The zero-order valence-electron chi connectivity index (χ0n) is 28.6. The summed E-state index contributed by atoms with van der Waals surface area (Å²) < 4.78 is 47.0. The lowest BCUT2D eigenvalue weighted by molar-refractivity contribution is -0.137. The Morgan fingerprint density at radius 2 is 1.52 bits per heavy atom. The summed E-state index contributed by atoms with van der Waals surface area (Å²) in [4.78, 5) is 36.7. The van der Waals surface area contributed by atoms with Gasteiger partial charge in [0.25, 0.3) is 11.8 Å². The van der Waals surface area contributed by atoms with Gasteiger partial charge in [0, 0.05) is 73.9 Å². The predicted octanol–water partition coefficient (Wildman–Crippen LogP) is 7.15. The van der Waals surface area contributed by atoms with E-state index in [2.05, 4.69) is 21.7 Å². The van der Waals surface area contributed by atoms with Crippen LogP contribution in [-0.2, 0) is 6.18 Å². The van der Waals surface area contributed by atoms with Gasteiger partial charge in [0.15, 0.2) is 0 Å². The Labute approximate surface area is 291 Å². The number of carbonyl (C=O) groups is 2. The van der Waals surface area contributed by atoms with Gasteiger partial charge in [-0.25, -0.2) is 0 Å². The van der Waals surface area contributed by atoms with Gasteiger partial charge in [-0.05, 0) is 117 Å². The molecule has 1 aromatic heterocycles. The lowest BCUT2D eigenvalue weighted by Crippen LogP contribution is -2.51. The maximum absolute atomic E-state index is 13.9. The van der Waals surface area contributed by atoms with E-state index >= 15 is 0 Å². The van der Waals surface area contributed by atoms with Crippen LogP contribution >= 0.6 is 0 Å². The number of anilines is 1. The van der Waals surface area contributed by atoms with Crippen LogP contribution in [-0.4, -0.2) is 73.0 Å². The molecule has 3 aromatic rings. The van der Waals surface area contributed by atoms with Crippen molar-refractivity contribution in [2.45, 2.75) is 51.6 Å². The van der Waals surface area contributed by atoms with Gasteiger partial charge in [-0.2, -0.15) is 13.2 Å². The molecule has 262 valence electrons. The van der Waals surface area contributed by atoms with E-state index in [0.29, 0.717) is 49.7 Å². The van der Waals surface area contributed by atoms with Gasteiger partial charge in [0.2, 0.25) is 0 Å². The maximum Gasteiger partial charge on any atom is 0.416 e. The standard InChI is InChI=1S/C40H43F3N4O3/c1-3-50-36-19-28(24-44-25-36)5-4-27-17-33(20-34(18-27)40(41,42)43)38(49)47-12-10-46(11-13-47)35-8-6-32(7-9-35)37(48)45(2)26-39-21-29-14-30(22-39)16-31(15-29)23-39/h6-9,17-20,24-25,29-31H,3,10-16,21-23,26H2,1-2H3. The minimum atomic E-state index is -4.64. The number of pyridine rings is 1. The zero-order valence-corrected chi connectivity index (χ0v) is 28.6. The molecule has 5 fully saturated rings. The molecule has 0 atom stereocenters. The summed E-state index contributed by atoms with van der Waals surface area (Å²) in [5.41, 5.74) is 1.48. The second-order valence-electron chi connectivity index (χ2n) is 14.8. The average Bonchev–Trinajstić information content (AvgIpc) is 3.09. The lowest BCUT2D eigenvalue weighted by atomic mass is 9.49. The number of halogens is 3. The number of alkyl halides is 3. The van der Waals surface area contributed by atoms with Crippen molar-refractivity contribution in [2.24, 2.45) is 23.2 Å². The fraction of sp³-hybridized carbons (Fsp3) is 0.475. The highest BCUT2D eigenvalue weighted by molar-refractivity contribution is 5.95. The van der Waals surface area contributed by atoms with Crippen LogP contribution in [0.15, 0.2) is 60.9 Å². The van der Waals surface area contributed by atoms with E-state index in [1.165, 1.54) is 57.0 Å². The molecule has 50 heavy (non-hydrogen) atoms. The Bertz CT molecular complexity index is 1770. The number of amides is 2. The van der Waals surface area contributed by atoms with Crippen molar-refractivity contribution >= 4 is 17.5 Å². The predicted molar refractivity (Wildman–Crippen MR) is 185 cm³/mol. The van der Waals surface area contributed by atoms with Crippen molar-refractivity contribution in [2.75, 3.05) is 51.3 Å². The van der Waals surface area contributed by atoms with Crippen LogP contribution in [0.4, 0.5) is 18.9 Å². The summed E-state index contributed by atoms with van der Waals surface area (Å²) in [6, 6.07) is 12.6. The number of hydrogen-bond donors (Lipinski definition) is 0. The molecule has 0 unspecified atom stereocenters. The van der Waals surface area contributed by atoms with Crippen molar-refractivity contribution in [3.63, 3.8) is 0 Å². The fourth-order valence-electron chi connectivity index (χ4n) is 9.31. The number of rotatable bonds is 7. The average molecular weight is 685 g/mol. The Morgan fingerprint density at radius 3 is 2.14 bits per heavy atom. The van der Waals surface area contributed by atoms with Gasteiger partial charge in [0.05, 0.1) is 18.4 Å². The molecule has 5 aliphatic rings. The van der Waals surface area contributed by atoms with E-state index in [4.69, 9.17) is 4.74 Å². The Hall–Kier alpha value is -4.52. The fourth-order valence-corrected chi connectivity index (χ4v) is 9.31. The first kappa shape index (κ1) is 34.0. The van der Waals surface area contributed by atoms with Crippen LogP contribution in [0, 0.1) is 35.0 Å². The number of piperazine rings is 1. The summed E-state index contributed by atoms with van der Waals surface area (Å²) in [6.45, 7) is 4.83. The van der Waals surface area contributed by atoms with Crippen molar-refractivity contribution in [1.82, 2.24) is 14.8 Å². The second kappa shape index (κ2) is 13.7. The summed E-state index contributed by atoms with van der Waals surface area (Å²) in [7, 11) is 1.93.